The van der Waals surface area contributed by atoms with Crippen LogP contribution in [-0.2, 0) is 0 Å². The van der Waals surface area contributed by atoms with Gasteiger partial charge in [0.05, 0.1) is 11.3 Å². The second-order valence-corrected chi connectivity index (χ2v) is 5.32. The van der Waals surface area contributed by atoms with Crippen molar-refractivity contribution in [2.45, 2.75) is 0 Å². The summed E-state index contributed by atoms with van der Waals surface area (Å²) in [7, 11) is 0. The van der Waals surface area contributed by atoms with Gasteiger partial charge in [0.2, 0.25) is 0 Å². The first-order valence-electron chi connectivity index (χ1n) is 7.13. The van der Waals surface area contributed by atoms with Crippen LogP contribution < -0.4 is 16.4 Å². The SMILES string of the molecule is Nc1c(Nc2ccc(C(=O)O)cc2)ncnc1Nc1cccnc1Cl. The minimum Gasteiger partial charge on any atom is -0.478 e. The standard InChI is InChI=1S/C16H13ClN6O2/c17-13-11(2-1-7-19-13)23-15-12(18)14(20-8-21-15)22-10-5-3-9(4-6-10)16(24)25/h1-8H,18H2,(H,24,25)(H2,20,21,22,23). The molecule has 0 aliphatic carbocycles. The molecule has 0 amide bonds. The van der Waals surface area contributed by atoms with Gasteiger partial charge >= 0.3 is 5.97 Å². The molecule has 9 heteroatoms. The molecule has 0 spiro atoms. The molecule has 0 saturated carbocycles. The van der Waals surface area contributed by atoms with Gasteiger partial charge in [-0.15, -0.1) is 0 Å². The number of nitrogen functional groups attached to an aromatic ring is 1. The van der Waals surface area contributed by atoms with Crippen LogP contribution in [0.4, 0.5) is 28.7 Å². The minimum atomic E-state index is -0.993. The summed E-state index contributed by atoms with van der Waals surface area (Å²) in [4.78, 5) is 23.1. The van der Waals surface area contributed by atoms with Gasteiger partial charge in [0.15, 0.2) is 16.8 Å². The molecular formula is C16H13ClN6O2. The van der Waals surface area contributed by atoms with Gasteiger partial charge in [0, 0.05) is 11.9 Å². The molecule has 8 nitrogen and oxygen atoms in total. The number of halogens is 1. The normalized spacial score (nSPS) is 10.3. The van der Waals surface area contributed by atoms with Crippen LogP contribution in [0.15, 0.2) is 48.9 Å². The predicted molar refractivity (Wildman–Crippen MR) is 95.7 cm³/mol. The molecule has 126 valence electrons. The van der Waals surface area contributed by atoms with E-state index in [1.165, 1.54) is 18.5 Å². The molecule has 0 aliphatic heterocycles. The first kappa shape index (κ1) is 16.5. The Morgan fingerprint density at radius 1 is 1.04 bits per heavy atom. The molecule has 2 aromatic heterocycles. The fourth-order valence-corrected chi connectivity index (χ4v) is 2.20. The van der Waals surface area contributed by atoms with Crippen LogP contribution in [0.3, 0.4) is 0 Å². The molecule has 2 heterocycles. The van der Waals surface area contributed by atoms with Crippen LogP contribution in [0, 0.1) is 0 Å². The number of aromatic nitrogens is 3. The van der Waals surface area contributed by atoms with Gasteiger partial charge in [0.1, 0.15) is 12.0 Å². The number of rotatable bonds is 5. The number of benzene rings is 1. The van der Waals surface area contributed by atoms with E-state index in [1.807, 2.05) is 0 Å². The highest BCUT2D eigenvalue weighted by atomic mass is 35.5. The number of carboxylic acids is 1. The number of aromatic carboxylic acids is 1. The monoisotopic (exact) mass is 356 g/mol. The number of carboxylic acid groups (broad SMARTS) is 1. The molecule has 25 heavy (non-hydrogen) atoms. The number of pyridine rings is 1. The van der Waals surface area contributed by atoms with Crippen molar-refractivity contribution in [1.82, 2.24) is 15.0 Å². The van der Waals surface area contributed by atoms with E-state index >= 15 is 0 Å². The third kappa shape index (κ3) is 3.75. The molecule has 1 aromatic carbocycles. The molecule has 5 N–H and O–H groups in total. The lowest BCUT2D eigenvalue weighted by Crippen LogP contribution is -2.05. The first-order valence-corrected chi connectivity index (χ1v) is 7.51. The molecule has 0 bridgehead atoms. The number of nitrogens with one attached hydrogen (secondary N) is 2. The largest absolute Gasteiger partial charge is 0.478 e. The lowest BCUT2D eigenvalue weighted by molar-refractivity contribution is 0.0697. The van der Waals surface area contributed by atoms with Crippen LogP contribution in [0.25, 0.3) is 0 Å². The molecule has 3 rings (SSSR count). The van der Waals surface area contributed by atoms with E-state index in [0.717, 1.165) is 0 Å². The number of nitrogens with zero attached hydrogens (tertiary/aromatic N) is 3. The zero-order valence-electron chi connectivity index (χ0n) is 12.8. The smallest absolute Gasteiger partial charge is 0.335 e. The highest BCUT2D eigenvalue weighted by molar-refractivity contribution is 6.32. The maximum absolute atomic E-state index is 10.9. The average Bonchev–Trinajstić information content (AvgIpc) is 2.61. The fraction of sp³-hybridized carbons (Fsp3) is 0. The van der Waals surface area contributed by atoms with Gasteiger partial charge in [-0.25, -0.2) is 19.7 Å². The van der Waals surface area contributed by atoms with Crippen LogP contribution in [0.2, 0.25) is 5.15 Å². The lowest BCUT2D eigenvalue weighted by Gasteiger charge is -2.13. The van der Waals surface area contributed by atoms with E-state index in [1.54, 1.807) is 30.5 Å². The number of hydrogen-bond donors (Lipinski definition) is 4. The summed E-state index contributed by atoms with van der Waals surface area (Å²) in [5.41, 5.74) is 7.77. The van der Waals surface area contributed by atoms with E-state index in [4.69, 9.17) is 22.4 Å². The van der Waals surface area contributed by atoms with Crippen molar-refractivity contribution in [2.75, 3.05) is 16.4 Å². The van der Waals surface area contributed by atoms with E-state index in [-0.39, 0.29) is 11.3 Å². The van der Waals surface area contributed by atoms with Crippen molar-refractivity contribution in [3.63, 3.8) is 0 Å². The first-order chi connectivity index (χ1) is 12.0. The molecule has 0 atom stereocenters. The molecular weight excluding hydrogens is 344 g/mol. The number of hydrogen-bond acceptors (Lipinski definition) is 7. The summed E-state index contributed by atoms with van der Waals surface area (Å²) in [6.45, 7) is 0. The molecule has 0 fully saturated rings. The number of nitrogens with two attached hydrogens (primary N) is 1. The van der Waals surface area contributed by atoms with E-state index in [9.17, 15) is 4.79 Å². The van der Waals surface area contributed by atoms with Crippen LogP contribution in [0.1, 0.15) is 10.4 Å². The Hall–Kier alpha value is -3.39. The fourth-order valence-electron chi connectivity index (χ4n) is 2.03. The summed E-state index contributed by atoms with van der Waals surface area (Å²) in [6.07, 6.45) is 2.92. The lowest BCUT2D eigenvalue weighted by atomic mass is 10.2. The molecule has 0 saturated heterocycles. The third-order valence-corrected chi connectivity index (χ3v) is 3.59. The number of carbonyl (C=O) groups is 1. The van der Waals surface area contributed by atoms with Crippen molar-refractivity contribution in [3.8, 4) is 0 Å². The van der Waals surface area contributed by atoms with Crippen molar-refractivity contribution in [1.29, 1.82) is 0 Å². The zero-order chi connectivity index (χ0) is 17.8. The highest BCUT2D eigenvalue weighted by Gasteiger charge is 2.11. The van der Waals surface area contributed by atoms with Gasteiger partial charge in [0.25, 0.3) is 0 Å². The van der Waals surface area contributed by atoms with Gasteiger partial charge in [-0.1, -0.05) is 11.6 Å². The quantitative estimate of drug-likeness (QED) is 0.513. The van der Waals surface area contributed by atoms with Crippen molar-refractivity contribution in [3.05, 3.63) is 59.6 Å². The summed E-state index contributed by atoms with van der Waals surface area (Å²) in [5, 5.41) is 15.2. The zero-order valence-corrected chi connectivity index (χ0v) is 13.5. The third-order valence-electron chi connectivity index (χ3n) is 3.29. The number of anilines is 5. The summed E-state index contributed by atoms with van der Waals surface area (Å²) in [5.74, 6) is -0.247. The van der Waals surface area contributed by atoms with E-state index in [0.29, 0.717) is 28.2 Å². The topological polar surface area (TPSA) is 126 Å². The Labute approximate surface area is 147 Å². The maximum atomic E-state index is 10.9. The van der Waals surface area contributed by atoms with Gasteiger partial charge in [-0.2, -0.15) is 0 Å². The molecule has 3 aromatic rings. The van der Waals surface area contributed by atoms with Crippen molar-refractivity contribution in [2.24, 2.45) is 0 Å². The summed E-state index contributed by atoms with van der Waals surface area (Å²) in [6, 6.07) is 9.68. The second-order valence-electron chi connectivity index (χ2n) is 4.96. The summed E-state index contributed by atoms with van der Waals surface area (Å²) < 4.78 is 0. The van der Waals surface area contributed by atoms with Gasteiger partial charge in [-0.05, 0) is 36.4 Å². The van der Waals surface area contributed by atoms with E-state index < -0.39 is 5.97 Å². The average molecular weight is 357 g/mol. The Morgan fingerprint density at radius 3 is 2.36 bits per heavy atom. The Kier molecular flexibility index (Phi) is 4.62. The Bertz CT molecular complexity index is 917. The van der Waals surface area contributed by atoms with Crippen LogP contribution in [-0.4, -0.2) is 26.0 Å². The van der Waals surface area contributed by atoms with Crippen LogP contribution >= 0.6 is 11.6 Å². The van der Waals surface area contributed by atoms with E-state index in [2.05, 4.69) is 25.6 Å². The highest BCUT2D eigenvalue weighted by Crippen LogP contribution is 2.29. The minimum absolute atomic E-state index is 0.190. The van der Waals surface area contributed by atoms with Crippen molar-refractivity contribution < 1.29 is 9.90 Å². The molecule has 0 aliphatic rings. The second kappa shape index (κ2) is 7.02. The van der Waals surface area contributed by atoms with Gasteiger partial charge < -0.3 is 21.5 Å². The summed E-state index contributed by atoms with van der Waals surface area (Å²) >= 11 is 6.01. The van der Waals surface area contributed by atoms with Crippen molar-refractivity contribution >= 4 is 46.3 Å². The Balaban J connectivity index is 1.83. The van der Waals surface area contributed by atoms with Gasteiger partial charge in [-0.3, -0.25) is 0 Å². The maximum Gasteiger partial charge on any atom is 0.335 e. The molecule has 0 radical (unpaired) electrons. The Morgan fingerprint density at radius 2 is 1.72 bits per heavy atom. The molecule has 0 unspecified atom stereocenters. The predicted octanol–water partition coefficient (Wildman–Crippen LogP) is 3.29. The van der Waals surface area contributed by atoms with Crippen LogP contribution in [0.5, 0.6) is 0 Å².